The molecule has 0 bridgehead atoms. The Morgan fingerprint density at radius 3 is 2.50 bits per heavy atom. The van der Waals surface area contributed by atoms with Crippen molar-refractivity contribution in [3.05, 3.63) is 53.6 Å². The number of sulfonamides is 1. The first kappa shape index (κ1) is 23.1. The number of benzene rings is 2. The van der Waals surface area contributed by atoms with Crippen molar-refractivity contribution >= 4 is 15.7 Å². The highest BCUT2D eigenvalue weighted by molar-refractivity contribution is 7.92. The van der Waals surface area contributed by atoms with Crippen LogP contribution in [-0.2, 0) is 27.6 Å². The van der Waals surface area contributed by atoms with Gasteiger partial charge in [0.25, 0.3) is 10.0 Å². The summed E-state index contributed by atoms with van der Waals surface area (Å²) < 4.78 is 40.1. The van der Waals surface area contributed by atoms with Crippen LogP contribution in [0.15, 0.2) is 47.4 Å². The summed E-state index contributed by atoms with van der Waals surface area (Å²) in [4.78, 5) is 0.246. The molecule has 1 N–H and O–H groups in total. The van der Waals surface area contributed by atoms with Crippen LogP contribution in [0.3, 0.4) is 0 Å². The van der Waals surface area contributed by atoms with Gasteiger partial charge in [-0.3, -0.25) is 4.31 Å². The van der Waals surface area contributed by atoms with Crippen LogP contribution in [0.25, 0.3) is 0 Å². The third-order valence-corrected chi connectivity index (χ3v) is 8.60. The topological polar surface area (TPSA) is 76.1 Å². The van der Waals surface area contributed by atoms with E-state index in [1.54, 1.807) is 28.6 Å². The number of fused-ring (bicyclic) bond motifs is 1. The summed E-state index contributed by atoms with van der Waals surface area (Å²) in [5, 5.41) is 9.78. The number of rotatable bonds is 7. The molecule has 0 saturated carbocycles. The Balaban J connectivity index is 1.56. The van der Waals surface area contributed by atoms with E-state index < -0.39 is 10.0 Å². The van der Waals surface area contributed by atoms with Crippen molar-refractivity contribution in [1.82, 2.24) is 0 Å². The molecule has 6 nitrogen and oxygen atoms in total. The van der Waals surface area contributed by atoms with Crippen LogP contribution in [0.4, 0.5) is 5.69 Å². The van der Waals surface area contributed by atoms with E-state index in [1.165, 1.54) is 5.56 Å². The van der Waals surface area contributed by atoms with E-state index in [4.69, 9.17) is 9.47 Å². The van der Waals surface area contributed by atoms with Crippen LogP contribution >= 0.6 is 0 Å². The Labute approximate surface area is 191 Å². The van der Waals surface area contributed by atoms with Gasteiger partial charge in [-0.15, -0.1) is 0 Å². The van der Waals surface area contributed by atoms with Gasteiger partial charge in [-0.2, -0.15) is 0 Å². The molecule has 7 heteroatoms. The predicted octanol–water partition coefficient (Wildman–Crippen LogP) is 3.95. The highest BCUT2D eigenvalue weighted by atomic mass is 32.2. The zero-order valence-corrected chi connectivity index (χ0v) is 19.7. The summed E-state index contributed by atoms with van der Waals surface area (Å²) in [7, 11) is -3.70. The quantitative estimate of drug-likeness (QED) is 0.679. The lowest BCUT2D eigenvalue weighted by molar-refractivity contribution is -0.00307. The van der Waals surface area contributed by atoms with Gasteiger partial charge >= 0.3 is 0 Å². The summed E-state index contributed by atoms with van der Waals surface area (Å²) >= 11 is 0. The normalized spacial score (nSPS) is 20.6. The van der Waals surface area contributed by atoms with Crippen LogP contribution < -0.4 is 9.04 Å². The highest BCUT2D eigenvalue weighted by Gasteiger charge is 2.34. The Bertz CT molecular complexity index is 1020. The summed E-state index contributed by atoms with van der Waals surface area (Å²) in [6.45, 7) is 5.35. The average Bonchev–Trinajstić information content (AvgIpc) is 2.82. The molecule has 1 saturated heterocycles. The van der Waals surface area contributed by atoms with Crippen molar-refractivity contribution in [2.75, 3.05) is 24.1 Å². The SMILES string of the molecule is CCc1ccc2c(c1)CC[C@H](C)N2S(=O)(=O)c1ccc(O[C@@H](CO)C2CCOCC2)cc1. The van der Waals surface area contributed by atoms with Crippen molar-refractivity contribution in [3.63, 3.8) is 0 Å². The van der Waals surface area contributed by atoms with Gasteiger partial charge < -0.3 is 14.6 Å². The molecule has 0 spiro atoms. The van der Waals surface area contributed by atoms with Crippen molar-refractivity contribution < 1.29 is 23.0 Å². The van der Waals surface area contributed by atoms with E-state index in [-0.39, 0.29) is 29.6 Å². The van der Waals surface area contributed by atoms with Crippen molar-refractivity contribution in [3.8, 4) is 5.75 Å². The first-order chi connectivity index (χ1) is 15.4. The molecule has 1 fully saturated rings. The third kappa shape index (κ3) is 4.65. The minimum absolute atomic E-state index is 0.0768. The number of aryl methyl sites for hydroxylation is 2. The number of aliphatic hydroxyl groups is 1. The summed E-state index contributed by atoms with van der Waals surface area (Å²) in [5.74, 6) is 0.796. The lowest BCUT2D eigenvalue weighted by atomic mass is 9.94. The smallest absolute Gasteiger partial charge is 0.264 e. The molecule has 0 amide bonds. The summed E-state index contributed by atoms with van der Waals surface area (Å²) in [6.07, 6.45) is 4.00. The zero-order valence-electron chi connectivity index (χ0n) is 18.9. The van der Waals surface area contributed by atoms with Crippen LogP contribution in [0.5, 0.6) is 5.75 Å². The van der Waals surface area contributed by atoms with E-state index >= 15 is 0 Å². The van der Waals surface area contributed by atoms with Crippen molar-refractivity contribution in [1.29, 1.82) is 0 Å². The van der Waals surface area contributed by atoms with E-state index in [1.807, 2.05) is 19.1 Å². The molecule has 2 aliphatic rings. The Kier molecular flexibility index (Phi) is 7.08. The fourth-order valence-corrected chi connectivity index (χ4v) is 6.43. The van der Waals surface area contributed by atoms with Gasteiger partial charge in [0.1, 0.15) is 11.9 Å². The maximum absolute atomic E-state index is 13.6. The summed E-state index contributed by atoms with van der Waals surface area (Å²) in [6, 6.07) is 12.6. The number of ether oxygens (including phenoxy) is 2. The van der Waals surface area contributed by atoms with Crippen LogP contribution in [-0.4, -0.2) is 45.5 Å². The monoisotopic (exact) mass is 459 g/mol. The van der Waals surface area contributed by atoms with Gasteiger partial charge in [0.15, 0.2) is 0 Å². The zero-order chi connectivity index (χ0) is 22.7. The number of anilines is 1. The minimum atomic E-state index is -3.70. The highest BCUT2D eigenvalue weighted by Crippen LogP contribution is 2.36. The van der Waals surface area contributed by atoms with Crippen LogP contribution in [0.1, 0.15) is 44.2 Å². The molecule has 0 aromatic heterocycles. The Hall–Kier alpha value is -2.09. The number of hydrogen-bond acceptors (Lipinski definition) is 5. The van der Waals surface area contributed by atoms with Gasteiger partial charge in [0.2, 0.25) is 0 Å². The molecule has 32 heavy (non-hydrogen) atoms. The standard InChI is InChI=1S/C25H33NO5S/c1-3-19-5-11-24-21(16-19)6-4-18(2)26(24)32(28,29)23-9-7-22(8-10-23)31-25(17-27)20-12-14-30-15-13-20/h5,7-11,16,18,20,25,27H,3-4,6,12-15,17H2,1-2H3/t18-,25-/m0/s1. The van der Waals surface area contributed by atoms with Gasteiger partial charge in [-0.05, 0) is 80.5 Å². The van der Waals surface area contributed by atoms with Gasteiger partial charge in [0.05, 0.1) is 17.2 Å². The third-order valence-electron chi connectivity index (χ3n) is 6.66. The molecule has 2 aromatic rings. The number of hydrogen-bond donors (Lipinski definition) is 1. The van der Waals surface area contributed by atoms with Crippen molar-refractivity contribution in [2.24, 2.45) is 5.92 Å². The van der Waals surface area contributed by atoms with Crippen molar-refractivity contribution in [2.45, 2.75) is 63.0 Å². The molecular formula is C25H33NO5S. The van der Waals surface area contributed by atoms with E-state index in [9.17, 15) is 13.5 Å². The van der Waals surface area contributed by atoms with Gasteiger partial charge in [0, 0.05) is 25.2 Å². The largest absolute Gasteiger partial charge is 0.488 e. The van der Waals surface area contributed by atoms with E-state index in [0.29, 0.717) is 19.0 Å². The second kappa shape index (κ2) is 9.81. The maximum Gasteiger partial charge on any atom is 0.264 e. The maximum atomic E-state index is 13.6. The predicted molar refractivity (Wildman–Crippen MR) is 125 cm³/mol. The first-order valence-electron chi connectivity index (χ1n) is 11.6. The molecule has 2 aliphatic heterocycles. The molecule has 0 unspecified atom stereocenters. The average molecular weight is 460 g/mol. The number of aliphatic hydroxyl groups excluding tert-OH is 1. The first-order valence-corrected chi connectivity index (χ1v) is 13.0. The molecule has 0 aliphatic carbocycles. The van der Waals surface area contributed by atoms with Gasteiger partial charge in [-0.1, -0.05) is 19.1 Å². The molecule has 2 atom stereocenters. The second-order valence-corrected chi connectivity index (χ2v) is 10.6. The second-order valence-electron chi connectivity index (χ2n) is 8.77. The molecule has 0 radical (unpaired) electrons. The Morgan fingerprint density at radius 1 is 1.12 bits per heavy atom. The summed E-state index contributed by atoms with van der Waals surface area (Å²) in [5.41, 5.74) is 3.09. The molecule has 4 rings (SSSR count). The van der Waals surface area contributed by atoms with Crippen LogP contribution in [0.2, 0.25) is 0 Å². The molecule has 174 valence electrons. The van der Waals surface area contributed by atoms with Gasteiger partial charge in [-0.25, -0.2) is 8.42 Å². The van der Waals surface area contributed by atoms with E-state index in [0.717, 1.165) is 43.4 Å². The molecular weight excluding hydrogens is 426 g/mol. The molecule has 2 aromatic carbocycles. The number of nitrogens with zero attached hydrogens (tertiary/aromatic N) is 1. The fraction of sp³-hybridized carbons (Fsp3) is 0.520. The lowest BCUT2D eigenvalue weighted by Gasteiger charge is -2.36. The Morgan fingerprint density at radius 2 is 1.84 bits per heavy atom. The van der Waals surface area contributed by atoms with Crippen LogP contribution in [0, 0.1) is 5.92 Å². The molecule has 2 heterocycles. The lowest BCUT2D eigenvalue weighted by Crippen LogP contribution is -2.42. The van der Waals surface area contributed by atoms with E-state index in [2.05, 4.69) is 13.0 Å². The fourth-order valence-electron chi connectivity index (χ4n) is 4.71. The minimum Gasteiger partial charge on any atom is -0.488 e.